The van der Waals surface area contributed by atoms with Crippen molar-refractivity contribution in [3.63, 3.8) is 0 Å². The van der Waals surface area contributed by atoms with Gasteiger partial charge in [0.2, 0.25) is 0 Å². The van der Waals surface area contributed by atoms with Gasteiger partial charge in [0.1, 0.15) is 41.5 Å². The summed E-state index contributed by atoms with van der Waals surface area (Å²) in [5, 5.41) is 7.68. The molecule has 0 saturated heterocycles. The highest BCUT2D eigenvalue weighted by Crippen LogP contribution is 2.49. The van der Waals surface area contributed by atoms with Crippen LogP contribution in [0.25, 0.3) is 33.5 Å². The second kappa shape index (κ2) is 12.1. The van der Waals surface area contributed by atoms with Gasteiger partial charge in [0, 0.05) is 44.6 Å². The second-order valence-corrected chi connectivity index (χ2v) is 23.7. The van der Waals surface area contributed by atoms with Gasteiger partial charge in [-0.2, -0.15) is 0 Å². The molecular formula is C44H36N8Si2. The molecule has 8 aromatic rings. The van der Waals surface area contributed by atoms with Crippen LogP contribution in [0.5, 0.6) is 0 Å². The van der Waals surface area contributed by atoms with Crippen LogP contribution in [0.15, 0.2) is 147 Å². The van der Waals surface area contributed by atoms with Gasteiger partial charge >= 0.3 is 0 Å². The third-order valence-corrected chi connectivity index (χ3v) is 18.4. The van der Waals surface area contributed by atoms with Gasteiger partial charge in [0.05, 0.1) is 11.4 Å². The lowest BCUT2D eigenvalue weighted by Crippen LogP contribution is -2.58. The van der Waals surface area contributed by atoms with Gasteiger partial charge in [-0.05, 0) is 69.3 Å². The average Bonchev–Trinajstić information content (AvgIpc) is 3.22. The van der Waals surface area contributed by atoms with Gasteiger partial charge in [-0.15, -0.1) is 0 Å². The third kappa shape index (κ3) is 4.80. The van der Waals surface area contributed by atoms with E-state index in [9.17, 15) is 0 Å². The Bertz CT molecular complexity index is 2470. The van der Waals surface area contributed by atoms with Crippen molar-refractivity contribution < 1.29 is 0 Å². The van der Waals surface area contributed by atoms with E-state index in [4.69, 9.17) is 0 Å². The summed E-state index contributed by atoms with van der Waals surface area (Å²) in [7, 11) is -4.10. The van der Waals surface area contributed by atoms with Crippen molar-refractivity contribution in [3.05, 3.63) is 147 Å². The van der Waals surface area contributed by atoms with Gasteiger partial charge in [-0.25, -0.2) is 29.9 Å². The lowest BCUT2D eigenvalue weighted by Gasteiger charge is -2.42. The summed E-state index contributed by atoms with van der Waals surface area (Å²) in [4.78, 5) is 32.0. The highest BCUT2D eigenvalue weighted by atomic mass is 28.3. The van der Waals surface area contributed by atoms with E-state index in [1.54, 1.807) is 25.3 Å². The summed E-state index contributed by atoms with van der Waals surface area (Å²) in [6, 6.07) is 44.6. The molecule has 260 valence electrons. The normalized spacial score (nSPS) is 14.9. The fourth-order valence-electron chi connectivity index (χ4n) is 8.69. The Hall–Kier alpha value is -6.37. The fraction of sp³-hybridized carbons (Fsp3) is 0.0909. The monoisotopic (exact) mass is 732 g/mol. The number of benzene rings is 6. The van der Waals surface area contributed by atoms with E-state index in [0.717, 1.165) is 33.3 Å². The first kappa shape index (κ1) is 32.3. The van der Waals surface area contributed by atoms with Gasteiger partial charge in [-0.1, -0.05) is 99.0 Å². The third-order valence-electron chi connectivity index (χ3n) is 11.3. The molecule has 10 rings (SSSR count). The lowest BCUT2D eigenvalue weighted by molar-refractivity contribution is 1.05. The number of nitrogens with zero attached hydrogens (tertiary/aromatic N) is 8. The number of aromatic nitrogens is 6. The van der Waals surface area contributed by atoms with Crippen LogP contribution in [-0.2, 0) is 0 Å². The first-order valence-corrected chi connectivity index (χ1v) is 24.2. The Labute approximate surface area is 316 Å². The first-order chi connectivity index (χ1) is 26.3. The molecule has 0 saturated carbocycles. The fourth-order valence-corrected chi connectivity index (χ4v) is 14.7. The molecule has 6 aromatic carbocycles. The van der Waals surface area contributed by atoms with Gasteiger partial charge in [-0.3, -0.25) is 0 Å². The Morgan fingerprint density at radius 2 is 0.667 bits per heavy atom. The predicted molar refractivity (Wildman–Crippen MR) is 224 cm³/mol. The number of para-hydroxylation sites is 4. The zero-order valence-electron chi connectivity index (χ0n) is 30.4. The quantitative estimate of drug-likeness (QED) is 0.170. The second-order valence-electron chi connectivity index (χ2n) is 15.0. The van der Waals surface area contributed by atoms with Crippen molar-refractivity contribution in [2.24, 2.45) is 0 Å². The minimum atomic E-state index is -2.05. The Kier molecular flexibility index (Phi) is 7.23. The van der Waals surface area contributed by atoms with E-state index in [1.165, 1.54) is 43.5 Å². The van der Waals surface area contributed by atoms with Crippen LogP contribution in [0.4, 0.5) is 34.1 Å². The standard InChI is InChI=1S/C44H36N8Si2/c1-53(2)39-17-9-5-13-33(39)51(34-14-6-10-18-40(34)53)37-23-29(43-47-25-45-26-48-43)22-32-31(37)21-30(44-49-27-46-28-50-44)24-38(32)52-35-15-7-11-19-41(35)54(3,4)42-20-12-8-16-36(42)52/h5-28H,1-4H3. The van der Waals surface area contributed by atoms with Crippen LogP contribution in [0.3, 0.4) is 0 Å². The largest absolute Gasteiger partial charge is 0.310 e. The highest BCUT2D eigenvalue weighted by Gasteiger charge is 2.41. The Balaban J connectivity index is 1.37. The molecule has 0 aliphatic carbocycles. The molecule has 0 radical (unpaired) electrons. The summed E-state index contributed by atoms with van der Waals surface area (Å²) < 4.78 is 0. The van der Waals surface area contributed by atoms with Crippen LogP contribution >= 0.6 is 0 Å². The van der Waals surface area contributed by atoms with Crippen LogP contribution in [0, 0.1) is 0 Å². The molecule has 4 heterocycles. The molecule has 0 unspecified atom stereocenters. The highest BCUT2D eigenvalue weighted by molar-refractivity contribution is 7.03. The van der Waals surface area contributed by atoms with Crippen molar-refractivity contribution in [2.75, 3.05) is 9.80 Å². The molecule has 0 N–H and O–H groups in total. The average molecular weight is 733 g/mol. The topological polar surface area (TPSA) is 83.8 Å². The van der Waals surface area contributed by atoms with E-state index in [1.807, 2.05) is 0 Å². The van der Waals surface area contributed by atoms with Gasteiger partial charge in [0.25, 0.3) is 0 Å². The number of hydrogen-bond donors (Lipinski definition) is 0. The van der Waals surface area contributed by atoms with Crippen LogP contribution < -0.4 is 30.5 Å². The van der Waals surface area contributed by atoms with Gasteiger partial charge in [0.15, 0.2) is 11.6 Å². The summed E-state index contributed by atoms with van der Waals surface area (Å²) in [5.74, 6) is 1.23. The summed E-state index contributed by atoms with van der Waals surface area (Å²) >= 11 is 0. The molecular weight excluding hydrogens is 697 g/mol. The van der Waals surface area contributed by atoms with Crippen molar-refractivity contribution in [3.8, 4) is 22.8 Å². The van der Waals surface area contributed by atoms with Crippen molar-refractivity contribution in [1.29, 1.82) is 0 Å². The number of hydrogen-bond acceptors (Lipinski definition) is 8. The zero-order chi connectivity index (χ0) is 36.6. The molecule has 2 aliphatic rings. The maximum absolute atomic E-state index is 4.68. The summed E-state index contributed by atoms with van der Waals surface area (Å²) in [6.45, 7) is 9.81. The van der Waals surface area contributed by atoms with Gasteiger partial charge < -0.3 is 9.80 Å². The Morgan fingerprint density at radius 1 is 0.370 bits per heavy atom. The molecule has 0 bridgehead atoms. The van der Waals surface area contributed by atoms with Crippen LogP contribution in [0.2, 0.25) is 26.2 Å². The molecule has 0 spiro atoms. The van der Waals surface area contributed by atoms with Crippen molar-refractivity contribution in [2.45, 2.75) is 26.2 Å². The lowest BCUT2D eigenvalue weighted by atomic mass is 9.96. The number of rotatable bonds is 4. The smallest absolute Gasteiger partial charge is 0.162 e. The summed E-state index contributed by atoms with van der Waals surface area (Å²) in [6.07, 6.45) is 6.28. The SMILES string of the molecule is C[Si]1(C)c2ccccc2N(c2cc(-c3ncncn3)cc3c(N4c5ccccc5[Si](C)(C)c5ccccc54)cc(-c4ncncn4)cc23)c2ccccc21. The molecule has 54 heavy (non-hydrogen) atoms. The minimum Gasteiger partial charge on any atom is -0.310 e. The minimum absolute atomic E-state index is 0.613. The first-order valence-electron chi connectivity index (χ1n) is 18.2. The van der Waals surface area contributed by atoms with E-state index < -0.39 is 16.1 Å². The number of anilines is 6. The maximum Gasteiger partial charge on any atom is 0.162 e. The maximum atomic E-state index is 4.68. The summed E-state index contributed by atoms with van der Waals surface area (Å²) in [5.41, 5.74) is 8.62. The van der Waals surface area contributed by atoms with Crippen LogP contribution in [-0.4, -0.2) is 46.1 Å². The van der Waals surface area contributed by atoms with Crippen LogP contribution in [0.1, 0.15) is 0 Å². The molecule has 10 heteroatoms. The molecule has 2 aromatic heterocycles. The molecule has 0 amide bonds. The molecule has 0 atom stereocenters. The van der Waals surface area contributed by atoms with Crippen molar-refractivity contribution in [1.82, 2.24) is 29.9 Å². The van der Waals surface area contributed by atoms with E-state index in [2.05, 4.69) is 187 Å². The predicted octanol–water partition coefficient (Wildman–Crippen LogP) is 7.76. The number of fused-ring (bicyclic) bond motifs is 5. The molecule has 8 nitrogen and oxygen atoms in total. The zero-order valence-corrected chi connectivity index (χ0v) is 32.4. The van der Waals surface area contributed by atoms with E-state index in [-0.39, 0.29) is 0 Å². The van der Waals surface area contributed by atoms with E-state index in [0.29, 0.717) is 11.6 Å². The molecule has 0 fully saturated rings. The van der Waals surface area contributed by atoms with Crippen molar-refractivity contribution >= 4 is 81.8 Å². The molecule has 2 aliphatic heterocycles. The van der Waals surface area contributed by atoms with E-state index >= 15 is 0 Å². The Morgan fingerprint density at radius 3 is 0.981 bits per heavy atom.